The number of likely N-dealkylation sites (tertiary alicyclic amines) is 1. The fourth-order valence-electron chi connectivity index (χ4n) is 4.51. The van der Waals surface area contributed by atoms with Crippen LogP contribution in [0.5, 0.6) is 11.5 Å². The summed E-state index contributed by atoms with van der Waals surface area (Å²) in [6.07, 6.45) is 2.61. The Morgan fingerprint density at radius 3 is 2.63 bits per heavy atom. The fourth-order valence-corrected chi connectivity index (χ4v) is 4.51. The van der Waals surface area contributed by atoms with E-state index < -0.39 is 0 Å². The molecule has 1 aromatic rings. The van der Waals surface area contributed by atoms with Crippen LogP contribution in [0.1, 0.15) is 37.8 Å². The van der Waals surface area contributed by atoms with Crippen molar-refractivity contribution in [2.24, 2.45) is 0 Å². The van der Waals surface area contributed by atoms with Gasteiger partial charge in [0, 0.05) is 13.0 Å². The van der Waals surface area contributed by atoms with Crippen LogP contribution in [0.4, 0.5) is 4.79 Å². The van der Waals surface area contributed by atoms with E-state index in [1.54, 1.807) is 4.90 Å². The number of nitrogens with one attached hydrogen (secondary N) is 1. The molecule has 3 aliphatic heterocycles. The van der Waals surface area contributed by atoms with Crippen molar-refractivity contribution in [2.45, 2.75) is 32.2 Å². The molecule has 164 valence electrons. The van der Waals surface area contributed by atoms with Gasteiger partial charge in [-0.15, -0.1) is 0 Å². The van der Waals surface area contributed by atoms with Crippen molar-refractivity contribution in [3.05, 3.63) is 23.8 Å². The van der Waals surface area contributed by atoms with Gasteiger partial charge in [0.05, 0.1) is 52.0 Å². The van der Waals surface area contributed by atoms with Gasteiger partial charge in [0.25, 0.3) is 5.91 Å². The molecule has 0 unspecified atom stereocenters. The van der Waals surface area contributed by atoms with Crippen LogP contribution in [0.3, 0.4) is 0 Å². The van der Waals surface area contributed by atoms with E-state index in [0.29, 0.717) is 39.5 Å². The topological polar surface area (TPSA) is 72.8 Å². The highest BCUT2D eigenvalue weighted by molar-refractivity contribution is 5.78. The zero-order valence-electron chi connectivity index (χ0n) is 17.7. The van der Waals surface area contributed by atoms with E-state index in [9.17, 15) is 9.59 Å². The van der Waals surface area contributed by atoms with Gasteiger partial charge in [0.2, 0.25) is 0 Å². The third-order valence-corrected chi connectivity index (χ3v) is 6.13. The SMILES string of the molecule is CCOC(=O)N1CC[NH+](CC(=O)N2CCC[C@H]2c2ccc3c(c2)OCCCO3)CC1. The normalized spacial score (nSPS) is 22.0. The number of ether oxygens (including phenoxy) is 3. The molecule has 1 aromatic carbocycles. The molecule has 1 N–H and O–H groups in total. The molecule has 0 radical (unpaired) electrons. The minimum Gasteiger partial charge on any atom is -0.490 e. The minimum absolute atomic E-state index is 0.0925. The van der Waals surface area contributed by atoms with E-state index >= 15 is 0 Å². The molecule has 0 bridgehead atoms. The second-order valence-electron chi connectivity index (χ2n) is 8.11. The lowest BCUT2D eigenvalue weighted by Gasteiger charge is -2.33. The van der Waals surface area contributed by atoms with Crippen molar-refractivity contribution in [2.75, 3.05) is 59.1 Å². The van der Waals surface area contributed by atoms with Gasteiger partial charge < -0.3 is 24.0 Å². The Morgan fingerprint density at radius 1 is 1.10 bits per heavy atom. The quantitative estimate of drug-likeness (QED) is 0.786. The first-order chi connectivity index (χ1) is 14.7. The third-order valence-electron chi connectivity index (χ3n) is 6.13. The number of nitrogens with zero attached hydrogens (tertiary/aromatic N) is 2. The number of fused-ring (bicyclic) bond motifs is 1. The Morgan fingerprint density at radius 2 is 1.87 bits per heavy atom. The number of hydrogen-bond donors (Lipinski definition) is 1. The summed E-state index contributed by atoms with van der Waals surface area (Å²) in [5, 5.41) is 0. The number of piperazine rings is 1. The van der Waals surface area contributed by atoms with Crippen molar-refractivity contribution < 1.29 is 28.7 Å². The van der Waals surface area contributed by atoms with E-state index in [2.05, 4.69) is 6.07 Å². The third kappa shape index (κ3) is 4.64. The van der Waals surface area contributed by atoms with E-state index in [4.69, 9.17) is 14.2 Å². The smallest absolute Gasteiger partial charge is 0.410 e. The molecule has 0 spiro atoms. The van der Waals surface area contributed by atoms with Gasteiger partial charge in [-0.05, 0) is 37.5 Å². The summed E-state index contributed by atoms with van der Waals surface area (Å²) in [5.74, 6) is 1.75. The Bertz CT molecular complexity index is 763. The lowest BCUT2D eigenvalue weighted by molar-refractivity contribution is -0.896. The lowest BCUT2D eigenvalue weighted by Crippen LogP contribution is -3.15. The monoisotopic (exact) mass is 418 g/mol. The van der Waals surface area contributed by atoms with Crippen molar-refractivity contribution in [1.82, 2.24) is 9.80 Å². The number of quaternary nitrogens is 1. The average molecular weight is 419 g/mol. The van der Waals surface area contributed by atoms with E-state index in [-0.39, 0.29) is 18.0 Å². The van der Waals surface area contributed by atoms with Crippen LogP contribution in [0.25, 0.3) is 0 Å². The van der Waals surface area contributed by atoms with Gasteiger partial charge in [0.15, 0.2) is 18.0 Å². The molecule has 8 heteroatoms. The molecule has 2 fully saturated rings. The number of carbonyl (C=O) groups is 2. The average Bonchev–Trinajstić information content (AvgIpc) is 3.13. The standard InChI is InChI=1S/C22H31N3O5/c1-2-28-22(27)24-11-9-23(10-12-24)16-21(26)25-8-3-5-18(25)17-6-7-19-20(15-17)30-14-4-13-29-19/h6-7,15,18H,2-5,8-14,16H2,1H3/p+1/t18-/m0/s1. The maximum Gasteiger partial charge on any atom is 0.410 e. The van der Waals surface area contributed by atoms with Gasteiger partial charge in [-0.2, -0.15) is 0 Å². The molecule has 30 heavy (non-hydrogen) atoms. The van der Waals surface area contributed by atoms with Gasteiger partial charge in [-0.1, -0.05) is 6.07 Å². The van der Waals surface area contributed by atoms with Gasteiger partial charge in [-0.3, -0.25) is 9.69 Å². The predicted octanol–water partition coefficient (Wildman–Crippen LogP) is 0.868. The summed E-state index contributed by atoms with van der Waals surface area (Å²) >= 11 is 0. The molecular weight excluding hydrogens is 386 g/mol. The molecule has 1 atom stereocenters. The molecule has 8 nitrogen and oxygen atoms in total. The van der Waals surface area contributed by atoms with Crippen LogP contribution in [-0.2, 0) is 9.53 Å². The molecule has 3 heterocycles. The summed E-state index contributed by atoms with van der Waals surface area (Å²) < 4.78 is 16.6. The van der Waals surface area contributed by atoms with Crippen LogP contribution in [0, 0.1) is 0 Å². The molecular formula is C22H32N3O5+. The molecule has 0 aliphatic carbocycles. The lowest BCUT2D eigenvalue weighted by atomic mass is 10.0. The second-order valence-corrected chi connectivity index (χ2v) is 8.11. The Hall–Kier alpha value is -2.48. The predicted molar refractivity (Wildman–Crippen MR) is 110 cm³/mol. The Balaban J connectivity index is 1.35. The zero-order valence-corrected chi connectivity index (χ0v) is 17.7. The van der Waals surface area contributed by atoms with E-state index in [0.717, 1.165) is 56.0 Å². The first-order valence-corrected chi connectivity index (χ1v) is 11.1. The molecule has 3 aliphatic rings. The molecule has 0 saturated carbocycles. The van der Waals surface area contributed by atoms with Crippen LogP contribution >= 0.6 is 0 Å². The van der Waals surface area contributed by atoms with E-state index in [1.807, 2.05) is 24.0 Å². The summed E-state index contributed by atoms with van der Waals surface area (Å²) in [4.78, 5) is 29.9. The van der Waals surface area contributed by atoms with Gasteiger partial charge in [0.1, 0.15) is 0 Å². The largest absolute Gasteiger partial charge is 0.490 e. The Labute approximate surface area is 177 Å². The van der Waals surface area contributed by atoms with Gasteiger partial charge >= 0.3 is 6.09 Å². The summed E-state index contributed by atoms with van der Waals surface area (Å²) in [6, 6.07) is 6.17. The highest BCUT2D eigenvalue weighted by Gasteiger charge is 2.34. The highest BCUT2D eigenvalue weighted by atomic mass is 16.6. The molecule has 0 aromatic heterocycles. The number of hydrogen-bond acceptors (Lipinski definition) is 5. The van der Waals surface area contributed by atoms with Crippen molar-refractivity contribution in [1.29, 1.82) is 0 Å². The fraction of sp³-hybridized carbons (Fsp3) is 0.636. The molecule has 2 saturated heterocycles. The number of carbonyl (C=O) groups excluding carboxylic acids is 2. The highest BCUT2D eigenvalue weighted by Crippen LogP contribution is 2.37. The summed E-state index contributed by atoms with van der Waals surface area (Å²) in [7, 11) is 0. The summed E-state index contributed by atoms with van der Waals surface area (Å²) in [6.45, 7) is 7.60. The first kappa shape index (κ1) is 20.8. The maximum atomic E-state index is 13.1. The molecule has 4 rings (SSSR count). The summed E-state index contributed by atoms with van der Waals surface area (Å²) in [5.41, 5.74) is 1.12. The van der Waals surface area contributed by atoms with E-state index in [1.165, 1.54) is 4.90 Å². The Kier molecular flexibility index (Phi) is 6.62. The van der Waals surface area contributed by atoms with Crippen LogP contribution < -0.4 is 14.4 Å². The van der Waals surface area contributed by atoms with Crippen LogP contribution in [0.2, 0.25) is 0 Å². The second kappa shape index (κ2) is 9.55. The van der Waals surface area contributed by atoms with Crippen molar-refractivity contribution in [3.8, 4) is 11.5 Å². The maximum absolute atomic E-state index is 13.1. The number of rotatable bonds is 4. The van der Waals surface area contributed by atoms with Crippen molar-refractivity contribution >= 4 is 12.0 Å². The molecule has 2 amide bonds. The van der Waals surface area contributed by atoms with Crippen molar-refractivity contribution in [3.63, 3.8) is 0 Å². The number of benzene rings is 1. The first-order valence-electron chi connectivity index (χ1n) is 11.1. The number of amides is 2. The van der Waals surface area contributed by atoms with Crippen LogP contribution in [-0.4, -0.2) is 80.9 Å². The van der Waals surface area contributed by atoms with Crippen LogP contribution in [0.15, 0.2) is 18.2 Å². The van der Waals surface area contributed by atoms with Gasteiger partial charge in [-0.25, -0.2) is 4.79 Å². The zero-order chi connectivity index (χ0) is 20.9. The minimum atomic E-state index is -0.253.